The van der Waals surface area contributed by atoms with Gasteiger partial charge < -0.3 is 5.73 Å². The van der Waals surface area contributed by atoms with Gasteiger partial charge in [0, 0.05) is 12.1 Å². The van der Waals surface area contributed by atoms with Crippen molar-refractivity contribution in [3.05, 3.63) is 11.2 Å². The zero-order valence-electron chi connectivity index (χ0n) is 10.8. The Labute approximate surface area is 119 Å². The van der Waals surface area contributed by atoms with Crippen molar-refractivity contribution in [1.82, 2.24) is 9.71 Å². The number of hydrogen-bond donors (Lipinski definition) is 2. The van der Waals surface area contributed by atoms with Gasteiger partial charge in [-0.2, -0.15) is 0 Å². The Morgan fingerprint density at radius 1 is 1.44 bits per heavy atom. The van der Waals surface area contributed by atoms with Gasteiger partial charge in [0.25, 0.3) is 10.0 Å². The van der Waals surface area contributed by atoms with Crippen LogP contribution in [0.1, 0.15) is 31.7 Å². The van der Waals surface area contributed by atoms with Gasteiger partial charge in [-0.25, -0.2) is 18.1 Å². The molecule has 0 spiro atoms. The summed E-state index contributed by atoms with van der Waals surface area (Å²) in [6.07, 6.45) is 2.83. The van der Waals surface area contributed by atoms with E-state index in [0.29, 0.717) is 0 Å². The van der Waals surface area contributed by atoms with Crippen molar-refractivity contribution < 1.29 is 8.42 Å². The highest BCUT2D eigenvalue weighted by atomic mass is 35.5. The molecule has 3 N–H and O–H groups in total. The lowest BCUT2D eigenvalue weighted by molar-refractivity contribution is 0.392. The lowest BCUT2D eigenvalue weighted by atomic mass is 9.95. The molecule has 0 bridgehead atoms. The Morgan fingerprint density at radius 3 is 2.39 bits per heavy atom. The highest BCUT2D eigenvalue weighted by Crippen LogP contribution is 2.18. The molecule has 0 unspecified atom stereocenters. The maximum atomic E-state index is 11.9. The van der Waals surface area contributed by atoms with E-state index in [2.05, 4.69) is 9.71 Å². The van der Waals surface area contributed by atoms with Crippen molar-refractivity contribution in [3.8, 4) is 0 Å². The van der Waals surface area contributed by atoms with Crippen LogP contribution in [-0.2, 0) is 10.0 Å². The summed E-state index contributed by atoms with van der Waals surface area (Å²) in [5.41, 5.74) is 5.57. The average molecular weight is 314 g/mol. The molecule has 1 heterocycles. The van der Waals surface area contributed by atoms with Crippen molar-refractivity contribution in [2.75, 3.05) is 6.54 Å². The Kier molecular flexibility index (Phi) is 6.73. The summed E-state index contributed by atoms with van der Waals surface area (Å²) < 4.78 is 26.6. The minimum absolute atomic E-state index is 0. The topological polar surface area (TPSA) is 85.1 Å². The number of sulfonamides is 1. The van der Waals surface area contributed by atoms with Gasteiger partial charge in [-0.3, -0.25) is 0 Å². The molecule has 0 aliphatic heterocycles. The van der Waals surface area contributed by atoms with Crippen molar-refractivity contribution in [2.45, 2.75) is 43.4 Å². The standard InChI is InChI=1S/C10H19N3O2S2.ClH/c1-4-10(11,5-2)7-13-17(14,15)9-6-12-8(3)16-9;/h6,13H,4-5,7,11H2,1-3H3;1H. The second-order valence-corrected chi connectivity index (χ2v) is 7.32. The number of rotatable bonds is 6. The predicted octanol–water partition coefficient (Wildman–Crippen LogP) is 1.67. The second-order valence-electron chi connectivity index (χ2n) is 4.09. The van der Waals surface area contributed by atoms with Gasteiger partial charge in [-0.15, -0.1) is 23.7 Å². The number of aryl methyl sites for hydroxylation is 1. The highest BCUT2D eigenvalue weighted by Gasteiger charge is 2.24. The van der Waals surface area contributed by atoms with Crippen LogP contribution in [0.2, 0.25) is 0 Å². The van der Waals surface area contributed by atoms with E-state index in [1.165, 1.54) is 6.20 Å². The first-order valence-electron chi connectivity index (χ1n) is 5.54. The van der Waals surface area contributed by atoms with Crippen LogP contribution in [0, 0.1) is 6.92 Å². The first kappa shape index (κ1) is 17.8. The largest absolute Gasteiger partial charge is 0.324 e. The summed E-state index contributed by atoms with van der Waals surface area (Å²) in [5, 5.41) is 0.732. The molecule has 8 heteroatoms. The van der Waals surface area contributed by atoms with Crippen LogP contribution < -0.4 is 10.5 Å². The molecule has 0 fully saturated rings. The molecule has 0 amide bonds. The smallest absolute Gasteiger partial charge is 0.251 e. The molecule has 0 radical (unpaired) electrons. The fourth-order valence-corrected chi connectivity index (χ4v) is 3.57. The number of nitrogens with one attached hydrogen (secondary N) is 1. The normalized spacial score (nSPS) is 12.2. The summed E-state index contributed by atoms with van der Waals surface area (Å²) in [6, 6.07) is 0. The zero-order chi connectivity index (χ0) is 13.1. The molecule has 0 aliphatic rings. The highest BCUT2D eigenvalue weighted by molar-refractivity contribution is 7.91. The van der Waals surface area contributed by atoms with Gasteiger partial charge in [0.15, 0.2) is 4.21 Å². The average Bonchev–Trinajstić information content (AvgIpc) is 2.74. The van der Waals surface area contributed by atoms with Crippen LogP contribution in [-0.4, -0.2) is 25.5 Å². The maximum Gasteiger partial charge on any atom is 0.251 e. The third-order valence-corrected chi connectivity index (χ3v) is 5.66. The summed E-state index contributed by atoms with van der Waals surface area (Å²) >= 11 is 1.16. The van der Waals surface area contributed by atoms with E-state index in [1.807, 2.05) is 13.8 Å². The zero-order valence-corrected chi connectivity index (χ0v) is 13.2. The van der Waals surface area contributed by atoms with E-state index < -0.39 is 15.6 Å². The van der Waals surface area contributed by atoms with E-state index >= 15 is 0 Å². The molecule has 0 aliphatic carbocycles. The summed E-state index contributed by atoms with van der Waals surface area (Å²) in [7, 11) is -3.47. The predicted molar refractivity (Wildman–Crippen MR) is 76.8 cm³/mol. The number of thiazole rings is 1. The number of halogens is 1. The minimum Gasteiger partial charge on any atom is -0.324 e. The summed E-state index contributed by atoms with van der Waals surface area (Å²) in [5.74, 6) is 0. The maximum absolute atomic E-state index is 11.9. The quantitative estimate of drug-likeness (QED) is 0.836. The lowest BCUT2D eigenvalue weighted by Gasteiger charge is -2.26. The van der Waals surface area contributed by atoms with Gasteiger partial charge in [-0.05, 0) is 19.8 Å². The molecule has 0 saturated carbocycles. The van der Waals surface area contributed by atoms with Gasteiger partial charge in [-0.1, -0.05) is 13.8 Å². The number of hydrogen-bond acceptors (Lipinski definition) is 5. The van der Waals surface area contributed by atoms with Crippen molar-refractivity contribution in [1.29, 1.82) is 0 Å². The molecule has 0 saturated heterocycles. The van der Waals surface area contributed by atoms with Crippen LogP contribution in [0.25, 0.3) is 0 Å². The van der Waals surface area contributed by atoms with Crippen molar-refractivity contribution in [3.63, 3.8) is 0 Å². The van der Waals surface area contributed by atoms with Crippen LogP contribution in [0.5, 0.6) is 0 Å². The Hall–Kier alpha value is -0.210. The Morgan fingerprint density at radius 2 is 2.00 bits per heavy atom. The minimum atomic E-state index is -3.47. The van der Waals surface area contributed by atoms with E-state index in [0.717, 1.165) is 29.2 Å². The van der Waals surface area contributed by atoms with Crippen LogP contribution >= 0.6 is 23.7 Å². The van der Waals surface area contributed by atoms with E-state index in [1.54, 1.807) is 6.92 Å². The first-order chi connectivity index (χ1) is 7.83. The molecule has 5 nitrogen and oxygen atoms in total. The summed E-state index contributed by atoms with van der Waals surface area (Å²) in [6.45, 7) is 5.93. The second kappa shape index (κ2) is 6.81. The van der Waals surface area contributed by atoms with Crippen LogP contribution in [0.3, 0.4) is 0 Å². The fourth-order valence-electron chi connectivity index (χ4n) is 1.28. The number of nitrogens with zero attached hydrogens (tertiary/aromatic N) is 1. The van der Waals surface area contributed by atoms with Crippen molar-refractivity contribution >= 4 is 33.8 Å². The third-order valence-electron chi connectivity index (χ3n) is 2.89. The fraction of sp³-hybridized carbons (Fsp3) is 0.700. The molecule has 0 atom stereocenters. The van der Waals surface area contributed by atoms with E-state index in [-0.39, 0.29) is 23.2 Å². The molecule has 1 aromatic heterocycles. The van der Waals surface area contributed by atoms with Gasteiger partial charge in [0.1, 0.15) is 0 Å². The molecule has 18 heavy (non-hydrogen) atoms. The Bertz CT molecular complexity index is 469. The van der Waals surface area contributed by atoms with Gasteiger partial charge in [0.2, 0.25) is 0 Å². The van der Waals surface area contributed by atoms with E-state index in [4.69, 9.17) is 5.73 Å². The van der Waals surface area contributed by atoms with Crippen LogP contribution in [0.15, 0.2) is 10.4 Å². The molecular formula is C10H20ClN3O2S2. The van der Waals surface area contributed by atoms with E-state index in [9.17, 15) is 8.42 Å². The SMILES string of the molecule is CCC(N)(CC)CNS(=O)(=O)c1cnc(C)s1.Cl. The lowest BCUT2D eigenvalue weighted by Crippen LogP contribution is -2.49. The molecule has 0 aromatic carbocycles. The third kappa shape index (κ3) is 4.47. The molecule has 1 aromatic rings. The van der Waals surface area contributed by atoms with Gasteiger partial charge in [0.05, 0.1) is 11.2 Å². The first-order valence-corrected chi connectivity index (χ1v) is 7.84. The van der Waals surface area contributed by atoms with Gasteiger partial charge >= 0.3 is 0 Å². The van der Waals surface area contributed by atoms with Crippen LogP contribution in [0.4, 0.5) is 0 Å². The monoisotopic (exact) mass is 313 g/mol. The molecule has 106 valence electrons. The number of nitrogens with two attached hydrogens (primary N) is 1. The Balaban J connectivity index is 0.00000289. The van der Waals surface area contributed by atoms with Crippen molar-refractivity contribution in [2.24, 2.45) is 5.73 Å². The summed E-state index contributed by atoms with van der Waals surface area (Å²) in [4.78, 5) is 3.94. The molecule has 1 rings (SSSR count). The molecular weight excluding hydrogens is 294 g/mol. The number of aromatic nitrogens is 1.